The molecule has 0 heterocycles. The number of rotatable bonds is 3. The van der Waals surface area contributed by atoms with E-state index < -0.39 is 0 Å². The molecule has 0 saturated heterocycles. The zero-order chi connectivity index (χ0) is 9.40. The highest BCUT2D eigenvalue weighted by Gasteiger charge is 1.87. The molecular formula is C10H18N2. The fourth-order valence-electron chi connectivity index (χ4n) is 0.585. The molecule has 0 rings (SSSR count). The van der Waals surface area contributed by atoms with Crippen molar-refractivity contribution in [2.75, 3.05) is 13.6 Å². The second kappa shape index (κ2) is 6.75. The van der Waals surface area contributed by atoms with E-state index in [0.717, 1.165) is 12.1 Å². The molecule has 0 amide bonds. The second-order valence-electron chi connectivity index (χ2n) is 2.66. The molecule has 0 bridgehead atoms. The van der Waals surface area contributed by atoms with Crippen LogP contribution in [0.2, 0.25) is 0 Å². The first-order valence-electron chi connectivity index (χ1n) is 4.29. The Kier molecular flexibility index (Phi) is 6.22. The Hall–Kier alpha value is -0.940. The maximum atomic E-state index is 3.10. The average molecular weight is 166 g/mol. The van der Waals surface area contributed by atoms with Gasteiger partial charge in [0.2, 0.25) is 0 Å². The maximum absolute atomic E-state index is 3.10. The highest BCUT2D eigenvalue weighted by molar-refractivity contribution is 5.27. The van der Waals surface area contributed by atoms with Crippen molar-refractivity contribution >= 4 is 0 Å². The lowest BCUT2D eigenvalue weighted by Gasteiger charge is -1.98. The average Bonchev–Trinajstić information content (AvgIpc) is 2.10. The summed E-state index contributed by atoms with van der Waals surface area (Å²) in [6.07, 6.45) is 1.94. The van der Waals surface area contributed by atoms with Crippen LogP contribution in [0.5, 0.6) is 0 Å². The van der Waals surface area contributed by atoms with Gasteiger partial charge in [-0.3, -0.25) is 0 Å². The van der Waals surface area contributed by atoms with Crippen LogP contribution >= 0.6 is 0 Å². The molecule has 0 aromatic heterocycles. The fraction of sp³-hybridized carbons (Fsp3) is 0.600. The Morgan fingerprint density at radius 3 is 2.75 bits per heavy atom. The minimum Gasteiger partial charge on any atom is -0.390 e. The van der Waals surface area contributed by atoms with Crippen LogP contribution in [-0.2, 0) is 0 Å². The summed E-state index contributed by atoms with van der Waals surface area (Å²) in [5, 5.41) is 6.16. The summed E-state index contributed by atoms with van der Waals surface area (Å²) in [6.45, 7) is 7.04. The zero-order valence-electron chi connectivity index (χ0n) is 8.36. The first-order valence-corrected chi connectivity index (χ1v) is 4.29. The SMILES string of the molecule is CCN/C=C(/C)C#CC(C)NC. The topological polar surface area (TPSA) is 24.1 Å². The molecule has 2 N–H and O–H groups in total. The fourth-order valence-corrected chi connectivity index (χ4v) is 0.585. The molecule has 0 aromatic rings. The van der Waals surface area contributed by atoms with Crippen molar-refractivity contribution in [3.05, 3.63) is 11.8 Å². The summed E-state index contributed by atoms with van der Waals surface area (Å²) >= 11 is 0. The lowest BCUT2D eigenvalue weighted by molar-refractivity contribution is 0.749. The number of nitrogens with one attached hydrogen (secondary N) is 2. The van der Waals surface area contributed by atoms with E-state index in [1.165, 1.54) is 0 Å². The van der Waals surface area contributed by atoms with Crippen molar-refractivity contribution in [3.8, 4) is 11.8 Å². The van der Waals surface area contributed by atoms with Crippen molar-refractivity contribution in [1.29, 1.82) is 0 Å². The third kappa shape index (κ3) is 5.82. The monoisotopic (exact) mass is 166 g/mol. The van der Waals surface area contributed by atoms with E-state index in [0.29, 0.717) is 0 Å². The Balaban J connectivity index is 3.93. The molecule has 0 aliphatic carbocycles. The summed E-state index contributed by atoms with van der Waals surface area (Å²) in [5.74, 6) is 6.13. The van der Waals surface area contributed by atoms with Gasteiger partial charge >= 0.3 is 0 Å². The molecule has 0 spiro atoms. The second-order valence-corrected chi connectivity index (χ2v) is 2.66. The van der Waals surface area contributed by atoms with E-state index in [1.54, 1.807) is 0 Å². The molecule has 2 nitrogen and oxygen atoms in total. The molecule has 0 aliphatic heterocycles. The van der Waals surface area contributed by atoms with Crippen LogP contribution in [0.3, 0.4) is 0 Å². The molecule has 68 valence electrons. The van der Waals surface area contributed by atoms with E-state index in [-0.39, 0.29) is 6.04 Å². The Morgan fingerprint density at radius 1 is 1.58 bits per heavy atom. The summed E-state index contributed by atoms with van der Waals surface area (Å²) in [7, 11) is 1.91. The highest BCUT2D eigenvalue weighted by Crippen LogP contribution is 1.86. The smallest absolute Gasteiger partial charge is 0.0662 e. The molecule has 1 unspecified atom stereocenters. The van der Waals surface area contributed by atoms with Crippen LogP contribution in [0.1, 0.15) is 20.8 Å². The van der Waals surface area contributed by atoms with Gasteiger partial charge < -0.3 is 10.6 Å². The van der Waals surface area contributed by atoms with Crippen LogP contribution in [0.25, 0.3) is 0 Å². The van der Waals surface area contributed by atoms with Crippen molar-refractivity contribution in [3.63, 3.8) is 0 Å². The van der Waals surface area contributed by atoms with Gasteiger partial charge in [0.05, 0.1) is 6.04 Å². The molecule has 0 radical (unpaired) electrons. The van der Waals surface area contributed by atoms with Gasteiger partial charge in [-0.2, -0.15) is 0 Å². The minimum absolute atomic E-state index is 0.259. The van der Waals surface area contributed by atoms with Gasteiger partial charge in [-0.1, -0.05) is 11.8 Å². The van der Waals surface area contributed by atoms with Crippen molar-refractivity contribution in [1.82, 2.24) is 10.6 Å². The standard InChI is InChI=1S/C10H18N2/c1-5-12-8-9(2)6-7-10(3)11-4/h8,10-12H,5H2,1-4H3/b9-8-. The molecule has 1 atom stereocenters. The summed E-state index contributed by atoms with van der Waals surface area (Å²) in [4.78, 5) is 0. The number of allylic oxidation sites excluding steroid dienone is 1. The van der Waals surface area contributed by atoms with Gasteiger partial charge in [-0.05, 0) is 27.8 Å². The molecule has 0 fully saturated rings. The van der Waals surface area contributed by atoms with E-state index in [2.05, 4.69) is 29.4 Å². The molecule has 2 heteroatoms. The third-order valence-electron chi connectivity index (χ3n) is 1.44. The lowest BCUT2D eigenvalue weighted by atomic mass is 10.3. The van der Waals surface area contributed by atoms with Crippen LogP contribution in [0, 0.1) is 11.8 Å². The highest BCUT2D eigenvalue weighted by atomic mass is 14.8. The van der Waals surface area contributed by atoms with Crippen LogP contribution in [0.4, 0.5) is 0 Å². The Morgan fingerprint density at radius 2 is 2.25 bits per heavy atom. The number of hydrogen-bond acceptors (Lipinski definition) is 2. The van der Waals surface area contributed by atoms with Gasteiger partial charge in [0, 0.05) is 18.3 Å². The molecule has 0 saturated carbocycles. The van der Waals surface area contributed by atoms with Crippen LogP contribution in [0.15, 0.2) is 11.8 Å². The lowest BCUT2D eigenvalue weighted by Crippen LogP contribution is -2.18. The van der Waals surface area contributed by atoms with Crippen molar-refractivity contribution in [2.24, 2.45) is 0 Å². The third-order valence-corrected chi connectivity index (χ3v) is 1.44. The van der Waals surface area contributed by atoms with Crippen LogP contribution in [-0.4, -0.2) is 19.6 Å². The van der Waals surface area contributed by atoms with Gasteiger partial charge in [-0.15, -0.1) is 0 Å². The number of hydrogen-bond donors (Lipinski definition) is 2. The van der Waals surface area contributed by atoms with E-state index >= 15 is 0 Å². The maximum Gasteiger partial charge on any atom is 0.0662 e. The molecule has 0 aromatic carbocycles. The summed E-state index contributed by atoms with van der Waals surface area (Å²) in [6, 6.07) is 0.259. The molecule has 12 heavy (non-hydrogen) atoms. The van der Waals surface area contributed by atoms with Gasteiger partial charge in [0.1, 0.15) is 0 Å². The van der Waals surface area contributed by atoms with Gasteiger partial charge in [-0.25, -0.2) is 0 Å². The normalized spacial score (nSPS) is 13.2. The van der Waals surface area contributed by atoms with Crippen molar-refractivity contribution < 1.29 is 0 Å². The first-order chi connectivity index (χ1) is 5.70. The minimum atomic E-state index is 0.259. The Labute approximate surface area is 75.4 Å². The molecular weight excluding hydrogens is 148 g/mol. The quantitative estimate of drug-likeness (QED) is 0.614. The van der Waals surface area contributed by atoms with Crippen molar-refractivity contribution in [2.45, 2.75) is 26.8 Å². The van der Waals surface area contributed by atoms with E-state index in [1.807, 2.05) is 27.1 Å². The zero-order valence-corrected chi connectivity index (χ0v) is 8.36. The molecule has 0 aliphatic rings. The van der Waals surface area contributed by atoms with Gasteiger partial charge in [0.25, 0.3) is 0 Å². The predicted octanol–water partition coefficient (Wildman–Crippen LogP) is 1.11. The van der Waals surface area contributed by atoms with Gasteiger partial charge in [0.15, 0.2) is 0 Å². The predicted molar refractivity (Wildman–Crippen MR) is 53.7 cm³/mol. The summed E-state index contributed by atoms with van der Waals surface area (Å²) in [5.41, 5.74) is 1.07. The van der Waals surface area contributed by atoms with E-state index in [4.69, 9.17) is 0 Å². The summed E-state index contributed by atoms with van der Waals surface area (Å²) < 4.78 is 0. The first kappa shape index (κ1) is 11.1. The van der Waals surface area contributed by atoms with E-state index in [9.17, 15) is 0 Å². The Bertz CT molecular complexity index is 196. The largest absolute Gasteiger partial charge is 0.390 e. The van der Waals surface area contributed by atoms with Crippen LogP contribution < -0.4 is 10.6 Å².